The Bertz CT molecular complexity index is 1460. The zero-order chi connectivity index (χ0) is 25.9. The van der Waals surface area contributed by atoms with Gasteiger partial charge in [0.05, 0.1) is 4.90 Å². The van der Waals surface area contributed by atoms with Crippen LogP contribution in [0.5, 0.6) is 0 Å². The highest BCUT2D eigenvalue weighted by molar-refractivity contribution is 7.89. The smallest absolute Gasteiger partial charge is 0.322 e. The maximum Gasteiger partial charge on any atom is 0.322 e. The van der Waals surface area contributed by atoms with Crippen molar-refractivity contribution >= 4 is 21.9 Å². The second-order valence-electron chi connectivity index (χ2n) is 8.84. The van der Waals surface area contributed by atoms with Crippen molar-refractivity contribution in [1.29, 1.82) is 0 Å². The zero-order valence-electron chi connectivity index (χ0n) is 20.6. The quantitative estimate of drug-likeness (QED) is 0.353. The highest BCUT2D eigenvalue weighted by Gasteiger charge is 2.27. The minimum atomic E-state index is -3.77. The first-order valence-electron chi connectivity index (χ1n) is 11.5. The normalized spacial score (nSPS) is 11.7. The number of nitrogens with one attached hydrogen (secondary N) is 1. The first kappa shape index (κ1) is 25.3. The number of aryl methyl sites for hydroxylation is 2. The zero-order valence-corrected chi connectivity index (χ0v) is 21.4. The first-order chi connectivity index (χ1) is 17.1. The Hall–Kier alpha value is -3.82. The first-order valence-corrected chi connectivity index (χ1v) is 13.0. The van der Waals surface area contributed by atoms with Crippen LogP contribution in [-0.4, -0.2) is 34.9 Å². The van der Waals surface area contributed by atoms with Crippen LogP contribution in [0.1, 0.15) is 40.9 Å². The van der Waals surface area contributed by atoms with Crippen molar-refractivity contribution in [2.45, 2.75) is 45.2 Å². The van der Waals surface area contributed by atoms with Crippen LogP contribution in [0.2, 0.25) is 0 Å². The lowest BCUT2D eigenvalue weighted by molar-refractivity contribution is 0.102. The monoisotopic (exact) mass is 504 g/mol. The van der Waals surface area contributed by atoms with Gasteiger partial charge in [-0.1, -0.05) is 53.1 Å². The van der Waals surface area contributed by atoms with Gasteiger partial charge in [0.1, 0.15) is 0 Å². The molecule has 1 heterocycles. The molecule has 1 aromatic heterocycles. The van der Waals surface area contributed by atoms with Crippen LogP contribution in [0.3, 0.4) is 0 Å². The fraction of sp³-hybridized carbons (Fsp3) is 0.222. The summed E-state index contributed by atoms with van der Waals surface area (Å²) in [4.78, 5) is 12.8. The van der Waals surface area contributed by atoms with Gasteiger partial charge in [0.25, 0.3) is 5.91 Å². The molecule has 4 aromatic rings. The van der Waals surface area contributed by atoms with Crippen molar-refractivity contribution in [3.8, 4) is 11.5 Å². The van der Waals surface area contributed by atoms with Crippen LogP contribution in [-0.2, 0) is 16.6 Å². The summed E-state index contributed by atoms with van der Waals surface area (Å²) in [6.07, 6.45) is 0. The molecule has 0 unspecified atom stereocenters. The fourth-order valence-electron chi connectivity index (χ4n) is 3.74. The Morgan fingerprint density at radius 2 is 1.67 bits per heavy atom. The standard InChI is InChI=1S/C27H28N4O4S/c1-18(2)31(17-21-8-6-5-7-9-21)36(33,34)23-14-12-22(13-15-23)25(32)28-27-30-29-26(35-27)24-16-19(3)10-11-20(24)4/h5-16,18H,17H2,1-4H3,(H,28,30,32). The van der Waals surface area contributed by atoms with Gasteiger partial charge in [-0.25, -0.2) is 8.42 Å². The van der Waals surface area contributed by atoms with Gasteiger partial charge in [0.15, 0.2) is 0 Å². The number of nitrogens with zero attached hydrogens (tertiary/aromatic N) is 3. The van der Waals surface area contributed by atoms with Crippen molar-refractivity contribution in [3.05, 3.63) is 95.1 Å². The largest absolute Gasteiger partial charge is 0.403 e. The van der Waals surface area contributed by atoms with E-state index in [2.05, 4.69) is 15.5 Å². The molecule has 1 amide bonds. The van der Waals surface area contributed by atoms with Crippen molar-refractivity contribution in [1.82, 2.24) is 14.5 Å². The lowest BCUT2D eigenvalue weighted by Gasteiger charge is -2.26. The summed E-state index contributed by atoms with van der Waals surface area (Å²) >= 11 is 0. The summed E-state index contributed by atoms with van der Waals surface area (Å²) in [7, 11) is -3.77. The average molecular weight is 505 g/mol. The molecule has 186 valence electrons. The van der Waals surface area contributed by atoms with E-state index in [1.807, 2.05) is 76.2 Å². The Balaban J connectivity index is 1.49. The van der Waals surface area contributed by atoms with E-state index in [0.29, 0.717) is 5.89 Å². The van der Waals surface area contributed by atoms with Crippen molar-refractivity contribution in [2.75, 3.05) is 5.32 Å². The average Bonchev–Trinajstić information content (AvgIpc) is 3.32. The van der Waals surface area contributed by atoms with Gasteiger partial charge in [-0.15, -0.1) is 5.10 Å². The van der Waals surface area contributed by atoms with Gasteiger partial charge < -0.3 is 4.42 Å². The molecule has 8 nitrogen and oxygen atoms in total. The molecule has 1 N–H and O–H groups in total. The summed E-state index contributed by atoms with van der Waals surface area (Å²) < 4.78 is 33.7. The molecule has 0 fully saturated rings. The van der Waals surface area contributed by atoms with Gasteiger partial charge >= 0.3 is 6.01 Å². The van der Waals surface area contributed by atoms with E-state index in [1.54, 1.807) is 0 Å². The second kappa shape index (κ2) is 10.4. The lowest BCUT2D eigenvalue weighted by atomic mass is 10.1. The van der Waals surface area contributed by atoms with Gasteiger partial charge in [0, 0.05) is 23.7 Å². The third kappa shape index (κ3) is 5.53. The van der Waals surface area contributed by atoms with Crippen LogP contribution >= 0.6 is 0 Å². The highest BCUT2D eigenvalue weighted by Crippen LogP contribution is 2.25. The lowest BCUT2D eigenvalue weighted by Crippen LogP contribution is -2.36. The highest BCUT2D eigenvalue weighted by atomic mass is 32.2. The molecule has 0 radical (unpaired) electrons. The summed E-state index contributed by atoms with van der Waals surface area (Å²) in [6, 6.07) is 20.8. The van der Waals surface area contributed by atoms with Crippen LogP contribution in [0.15, 0.2) is 82.1 Å². The molecule has 0 atom stereocenters. The number of carbonyl (C=O) groups excluding carboxylic acids is 1. The van der Waals surface area contributed by atoms with Crippen LogP contribution in [0.4, 0.5) is 6.01 Å². The Morgan fingerprint density at radius 3 is 2.33 bits per heavy atom. The summed E-state index contributed by atoms with van der Waals surface area (Å²) in [5, 5.41) is 10.5. The molecule has 0 aliphatic carbocycles. The number of hydrogen-bond acceptors (Lipinski definition) is 6. The predicted molar refractivity (Wildman–Crippen MR) is 138 cm³/mol. The third-order valence-corrected chi connectivity index (χ3v) is 7.79. The number of anilines is 1. The van der Waals surface area contributed by atoms with E-state index in [4.69, 9.17) is 4.42 Å². The molecule has 0 aliphatic rings. The number of sulfonamides is 1. The molecular formula is C27H28N4O4S. The predicted octanol–water partition coefficient (Wildman–Crippen LogP) is 5.21. The van der Waals surface area contributed by atoms with Gasteiger partial charge in [0.2, 0.25) is 15.9 Å². The van der Waals surface area contributed by atoms with E-state index < -0.39 is 15.9 Å². The Kier molecular flexibility index (Phi) is 7.32. The number of hydrogen-bond donors (Lipinski definition) is 1. The van der Waals surface area contributed by atoms with Gasteiger partial charge in [-0.05, 0) is 69.2 Å². The van der Waals surface area contributed by atoms with E-state index >= 15 is 0 Å². The maximum atomic E-state index is 13.3. The molecule has 0 saturated carbocycles. The van der Waals surface area contributed by atoms with Crippen molar-refractivity contribution in [3.63, 3.8) is 0 Å². The van der Waals surface area contributed by atoms with Crippen LogP contribution in [0.25, 0.3) is 11.5 Å². The Labute approximate surface area is 211 Å². The molecule has 0 aliphatic heterocycles. The molecule has 9 heteroatoms. The summed E-state index contributed by atoms with van der Waals surface area (Å²) in [5.41, 5.74) is 3.98. The van der Waals surface area contributed by atoms with Crippen molar-refractivity contribution < 1.29 is 17.6 Å². The number of benzene rings is 3. The van der Waals surface area contributed by atoms with E-state index in [-0.39, 0.29) is 29.1 Å². The maximum absolute atomic E-state index is 13.3. The van der Waals surface area contributed by atoms with Crippen LogP contribution in [0, 0.1) is 13.8 Å². The molecule has 0 saturated heterocycles. The number of amides is 1. The second-order valence-corrected chi connectivity index (χ2v) is 10.7. The molecule has 4 rings (SSSR count). The number of carbonyl (C=O) groups is 1. The number of aromatic nitrogens is 2. The molecule has 0 bridgehead atoms. The van der Waals surface area contributed by atoms with E-state index in [9.17, 15) is 13.2 Å². The van der Waals surface area contributed by atoms with E-state index in [0.717, 1.165) is 22.3 Å². The topological polar surface area (TPSA) is 105 Å². The van der Waals surface area contributed by atoms with Crippen LogP contribution < -0.4 is 5.32 Å². The minimum Gasteiger partial charge on any atom is -0.403 e. The SMILES string of the molecule is Cc1ccc(C)c(-c2nnc(NC(=O)c3ccc(S(=O)(=O)N(Cc4ccccc4)C(C)C)cc3)o2)c1. The van der Waals surface area contributed by atoms with E-state index in [1.165, 1.54) is 28.6 Å². The van der Waals surface area contributed by atoms with Gasteiger partial charge in [-0.2, -0.15) is 4.31 Å². The summed E-state index contributed by atoms with van der Waals surface area (Å²) in [5.74, 6) is -0.180. The van der Waals surface area contributed by atoms with Crippen molar-refractivity contribution in [2.24, 2.45) is 0 Å². The number of rotatable bonds is 8. The molecular weight excluding hydrogens is 476 g/mol. The summed E-state index contributed by atoms with van der Waals surface area (Å²) in [6.45, 7) is 7.82. The molecule has 36 heavy (non-hydrogen) atoms. The molecule has 3 aromatic carbocycles. The van der Waals surface area contributed by atoms with Gasteiger partial charge in [-0.3, -0.25) is 10.1 Å². The fourth-order valence-corrected chi connectivity index (χ4v) is 5.37. The Morgan fingerprint density at radius 1 is 0.972 bits per heavy atom. The molecule has 0 spiro atoms. The minimum absolute atomic E-state index is 0.0403. The third-order valence-electron chi connectivity index (χ3n) is 5.75.